The van der Waals surface area contributed by atoms with Gasteiger partial charge in [-0.25, -0.2) is 0 Å². The van der Waals surface area contributed by atoms with Crippen LogP contribution in [0.4, 0.5) is 0 Å². The number of benzene rings is 1. The molecule has 0 aromatic heterocycles. The van der Waals surface area contributed by atoms with Crippen LogP contribution >= 0.6 is 11.6 Å². The van der Waals surface area contributed by atoms with Crippen molar-refractivity contribution in [3.8, 4) is 0 Å². The van der Waals surface area contributed by atoms with Crippen molar-refractivity contribution in [2.45, 2.75) is 27.2 Å². The maximum atomic E-state index is 12.1. The molecule has 104 valence electrons. The topological polar surface area (TPSA) is 43.4 Å². The Hall–Kier alpha value is -1.35. The molecule has 1 aromatic carbocycles. The van der Waals surface area contributed by atoms with E-state index in [4.69, 9.17) is 16.3 Å². The van der Waals surface area contributed by atoms with Crippen LogP contribution in [-0.4, -0.2) is 18.4 Å². The molecule has 0 heterocycles. The lowest BCUT2D eigenvalue weighted by molar-refractivity contribution is -0.152. The SMILES string of the molecule is CCOC(=O)C(Cc1ccc(Cl)cc1)C(=O)C(C)C. The van der Waals surface area contributed by atoms with Gasteiger partial charge in [0.15, 0.2) is 0 Å². The first-order valence-electron chi connectivity index (χ1n) is 6.40. The molecule has 0 N–H and O–H groups in total. The van der Waals surface area contributed by atoms with Crippen molar-refractivity contribution in [1.29, 1.82) is 0 Å². The lowest BCUT2D eigenvalue weighted by Crippen LogP contribution is -2.31. The van der Waals surface area contributed by atoms with E-state index < -0.39 is 11.9 Å². The van der Waals surface area contributed by atoms with E-state index in [1.807, 2.05) is 12.1 Å². The first kappa shape index (κ1) is 15.7. The summed E-state index contributed by atoms with van der Waals surface area (Å²) in [5.74, 6) is -1.47. The number of carbonyl (C=O) groups is 2. The largest absolute Gasteiger partial charge is 0.465 e. The van der Waals surface area contributed by atoms with Gasteiger partial charge in [0.1, 0.15) is 11.7 Å². The minimum Gasteiger partial charge on any atom is -0.465 e. The lowest BCUT2D eigenvalue weighted by atomic mass is 9.89. The van der Waals surface area contributed by atoms with Crippen molar-refractivity contribution in [1.82, 2.24) is 0 Å². The Labute approximate surface area is 118 Å². The maximum Gasteiger partial charge on any atom is 0.316 e. The number of hydrogen-bond acceptors (Lipinski definition) is 3. The molecular weight excluding hydrogens is 264 g/mol. The summed E-state index contributed by atoms with van der Waals surface area (Å²) in [6.07, 6.45) is 0.354. The van der Waals surface area contributed by atoms with E-state index in [-0.39, 0.29) is 18.3 Å². The Balaban J connectivity index is 2.87. The molecule has 0 saturated carbocycles. The molecule has 0 aliphatic heterocycles. The second-order valence-electron chi connectivity index (χ2n) is 4.69. The first-order valence-corrected chi connectivity index (χ1v) is 6.78. The van der Waals surface area contributed by atoms with Crippen LogP contribution in [0.3, 0.4) is 0 Å². The summed E-state index contributed by atoms with van der Waals surface area (Å²) in [6.45, 7) is 5.59. The molecule has 0 fully saturated rings. The van der Waals surface area contributed by atoms with Gasteiger partial charge < -0.3 is 4.74 Å². The van der Waals surface area contributed by atoms with Crippen molar-refractivity contribution < 1.29 is 14.3 Å². The number of ether oxygens (including phenoxy) is 1. The zero-order chi connectivity index (χ0) is 14.4. The second-order valence-corrected chi connectivity index (χ2v) is 5.13. The van der Waals surface area contributed by atoms with Crippen LogP contribution < -0.4 is 0 Å². The van der Waals surface area contributed by atoms with Gasteiger partial charge in [0.2, 0.25) is 0 Å². The molecule has 0 aliphatic rings. The number of rotatable bonds is 6. The smallest absolute Gasteiger partial charge is 0.316 e. The third-order valence-electron chi connectivity index (χ3n) is 2.84. The maximum absolute atomic E-state index is 12.1. The van der Waals surface area contributed by atoms with Crippen LogP contribution in [0.25, 0.3) is 0 Å². The zero-order valence-corrected chi connectivity index (χ0v) is 12.2. The average Bonchev–Trinajstić information content (AvgIpc) is 2.37. The van der Waals surface area contributed by atoms with Gasteiger partial charge in [-0.3, -0.25) is 9.59 Å². The summed E-state index contributed by atoms with van der Waals surface area (Å²) in [6, 6.07) is 7.14. The minimum atomic E-state index is -0.735. The van der Waals surface area contributed by atoms with Gasteiger partial charge in [0, 0.05) is 10.9 Å². The number of carbonyl (C=O) groups excluding carboxylic acids is 2. The lowest BCUT2D eigenvalue weighted by Gasteiger charge is -2.16. The normalized spacial score (nSPS) is 12.3. The molecule has 0 bridgehead atoms. The molecular formula is C15H19ClO3. The van der Waals surface area contributed by atoms with E-state index in [0.29, 0.717) is 11.4 Å². The van der Waals surface area contributed by atoms with Gasteiger partial charge in [-0.05, 0) is 31.0 Å². The molecule has 19 heavy (non-hydrogen) atoms. The summed E-state index contributed by atoms with van der Waals surface area (Å²) in [5, 5.41) is 0.631. The summed E-state index contributed by atoms with van der Waals surface area (Å²) in [4.78, 5) is 24.0. The molecule has 0 aliphatic carbocycles. The van der Waals surface area contributed by atoms with Crippen LogP contribution in [0.5, 0.6) is 0 Å². The Morgan fingerprint density at radius 3 is 2.26 bits per heavy atom. The van der Waals surface area contributed by atoms with Gasteiger partial charge in [0.05, 0.1) is 6.61 Å². The summed E-state index contributed by atoms with van der Waals surface area (Å²) in [7, 11) is 0. The Bertz CT molecular complexity index is 437. The quantitative estimate of drug-likeness (QED) is 0.594. The van der Waals surface area contributed by atoms with Crippen LogP contribution in [0.15, 0.2) is 24.3 Å². The van der Waals surface area contributed by atoms with Crippen molar-refractivity contribution in [3.63, 3.8) is 0 Å². The number of Topliss-reactive ketones (excluding diaryl/α,β-unsaturated/α-hetero) is 1. The molecule has 3 nitrogen and oxygen atoms in total. The van der Waals surface area contributed by atoms with Crippen LogP contribution in [-0.2, 0) is 20.7 Å². The fourth-order valence-electron chi connectivity index (χ4n) is 1.80. The number of ketones is 1. The minimum absolute atomic E-state index is 0.0894. The summed E-state index contributed by atoms with van der Waals surface area (Å²) < 4.78 is 4.99. The average molecular weight is 283 g/mol. The van der Waals surface area contributed by atoms with Crippen molar-refractivity contribution in [3.05, 3.63) is 34.9 Å². The number of hydrogen-bond donors (Lipinski definition) is 0. The van der Waals surface area contributed by atoms with Crippen LogP contribution in [0, 0.1) is 11.8 Å². The summed E-state index contributed by atoms with van der Waals surface area (Å²) >= 11 is 5.81. The highest BCUT2D eigenvalue weighted by Crippen LogP contribution is 2.18. The summed E-state index contributed by atoms with van der Waals surface area (Å²) in [5.41, 5.74) is 0.899. The van der Waals surface area contributed by atoms with Gasteiger partial charge in [-0.2, -0.15) is 0 Å². The molecule has 0 amide bonds. The predicted molar refractivity (Wildman–Crippen MR) is 75.1 cm³/mol. The van der Waals surface area contributed by atoms with E-state index >= 15 is 0 Å². The van der Waals surface area contributed by atoms with Crippen molar-refractivity contribution >= 4 is 23.4 Å². The third-order valence-corrected chi connectivity index (χ3v) is 3.09. The van der Waals surface area contributed by atoms with Crippen molar-refractivity contribution in [2.24, 2.45) is 11.8 Å². The molecule has 0 spiro atoms. The van der Waals surface area contributed by atoms with E-state index in [9.17, 15) is 9.59 Å². The monoisotopic (exact) mass is 282 g/mol. The van der Waals surface area contributed by atoms with E-state index in [2.05, 4.69) is 0 Å². The first-order chi connectivity index (χ1) is 8.95. The van der Waals surface area contributed by atoms with Gasteiger partial charge >= 0.3 is 5.97 Å². The number of esters is 1. The number of halogens is 1. The molecule has 1 unspecified atom stereocenters. The fraction of sp³-hybridized carbons (Fsp3) is 0.467. The predicted octanol–water partition coefficient (Wildman–Crippen LogP) is 3.29. The Morgan fingerprint density at radius 2 is 1.79 bits per heavy atom. The van der Waals surface area contributed by atoms with E-state index in [1.165, 1.54) is 0 Å². The van der Waals surface area contributed by atoms with Gasteiger partial charge in [0.25, 0.3) is 0 Å². The highest BCUT2D eigenvalue weighted by atomic mass is 35.5. The van der Waals surface area contributed by atoms with Gasteiger partial charge in [-0.1, -0.05) is 37.6 Å². The molecule has 1 rings (SSSR count). The Kier molecular flexibility index (Phi) is 6.03. The second kappa shape index (κ2) is 7.29. The highest BCUT2D eigenvalue weighted by Gasteiger charge is 2.29. The molecule has 0 saturated heterocycles. The molecule has 0 radical (unpaired) electrons. The van der Waals surface area contributed by atoms with E-state index in [1.54, 1.807) is 32.9 Å². The Morgan fingerprint density at radius 1 is 1.21 bits per heavy atom. The van der Waals surface area contributed by atoms with E-state index in [0.717, 1.165) is 5.56 Å². The highest BCUT2D eigenvalue weighted by molar-refractivity contribution is 6.30. The van der Waals surface area contributed by atoms with Crippen molar-refractivity contribution in [2.75, 3.05) is 6.61 Å². The fourth-order valence-corrected chi connectivity index (χ4v) is 1.93. The third kappa shape index (κ3) is 4.67. The van der Waals surface area contributed by atoms with Gasteiger partial charge in [-0.15, -0.1) is 0 Å². The van der Waals surface area contributed by atoms with Crippen LogP contribution in [0.2, 0.25) is 5.02 Å². The zero-order valence-electron chi connectivity index (χ0n) is 11.5. The molecule has 4 heteroatoms. The van der Waals surface area contributed by atoms with Crippen LogP contribution in [0.1, 0.15) is 26.3 Å². The molecule has 1 aromatic rings. The standard InChI is InChI=1S/C15H19ClO3/c1-4-19-15(18)13(14(17)10(2)3)9-11-5-7-12(16)8-6-11/h5-8,10,13H,4,9H2,1-3H3. The molecule has 1 atom stereocenters.